The van der Waals surface area contributed by atoms with E-state index in [9.17, 15) is 4.79 Å². The Morgan fingerprint density at radius 3 is 2.88 bits per heavy atom. The highest BCUT2D eigenvalue weighted by Gasteiger charge is 2.12. The first-order chi connectivity index (χ1) is 12.1. The normalized spacial score (nSPS) is 10.7. The minimum Gasteiger partial charge on any atom is -0.492 e. The van der Waals surface area contributed by atoms with Gasteiger partial charge in [0.25, 0.3) is 5.91 Å². The summed E-state index contributed by atoms with van der Waals surface area (Å²) in [6.45, 7) is 4.39. The number of carbonyl (C=O) groups excluding carboxylic acids is 1. The number of ether oxygens (including phenoxy) is 2. The summed E-state index contributed by atoms with van der Waals surface area (Å²) in [5.41, 5.74) is 1.81. The van der Waals surface area contributed by atoms with Gasteiger partial charge in [-0.15, -0.1) is 0 Å². The number of nitrogens with one attached hydrogen (secondary N) is 1. The fraction of sp³-hybridized carbons (Fsp3) is 0.222. The van der Waals surface area contributed by atoms with Crippen LogP contribution in [-0.2, 0) is 4.79 Å². The fourth-order valence-electron chi connectivity index (χ4n) is 2.26. The SMILES string of the molecule is CCOc1cccc2sc(NC(=O)COc3ccc(Br)c(C)c3)nc12. The summed E-state index contributed by atoms with van der Waals surface area (Å²) < 4.78 is 13.1. The standard InChI is InChI=1S/C18H17BrN2O3S/c1-3-23-14-5-4-6-15-17(14)21-18(25-15)20-16(22)10-24-12-7-8-13(19)11(2)9-12/h4-9H,3,10H2,1-2H3,(H,20,21,22). The van der Waals surface area contributed by atoms with Crippen molar-refractivity contribution in [2.24, 2.45) is 0 Å². The molecule has 3 aromatic rings. The molecule has 0 saturated heterocycles. The van der Waals surface area contributed by atoms with Crippen molar-refractivity contribution in [3.8, 4) is 11.5 Å². The molecule has 0 atom stereocenters. The molecule has 7 heteroatoms. The molecule has 1 N–H and O–H groups in total. The van der Waals surface area contributed by atoms with Crippen LogP contribution in [0, 0.1) is 6.92 Å². The lowest BCUT2D eigenvalue weighted by Crippen LogP contribution is -2.20. The van der Waals surface area contributed by atoms with Gasteiger partial charge in [0, 0.05) is 4.47 Å². The van der Waals surface area contributed by atoms with E-state index in [4.69, 9.17) is 9.47 Å². The quantitative estimate of drug-likeness (QED) is 0.622. The molecule has 0 radical (unpaired) electrons. The summed E-state index contributed by atoms with van der Waals surface area (Å²) in [4.78, 5) is 16.6. The lowest BCUT2D eigenvalue weighted by Gasteiger charge is -2.07. The molecule has 0 bridgehead atoms. The molecule has 1 amide bonds. The number of benzene rings is 2. The molecular formula is C18H17BrN2O3S. The third kappa shape index (κ3) is 4.29. The molecule has 0 fully saturated rings. The Balaban J connectivity index is 1.65. The van der Waals surface area contributed by atoms with Gasteiger partial charge in [0.15, 0.2) is 11.7 Å². The summed E-state index contributed by atoms with van der Waals surface area (Å²) in [5.74, 6) is 1.12. The third-order valence-electron chi connectivity index (χ3n) is 3.43. The highest BCUT2D eigenvalue weighted by Crippen LogP contribution is 2.32. The van der Waals surface area contributed by atoms with E-state index >= 15 is 0 Å². The second-order valence-electron chi connectivity index (χ2n) is 5.30. The van der Waals surface area contributed by atoms with E-state index in [2.05, 4.69) is 26.2 Å². The van der Waals surface area contributed by atoms with Crippen LogP contribution < -0.4 is 14.8 Å². The molecule has 1 heterocycles. The van der Waals surface area contributed by atoms with Crippen LogP contribution in [0.1, 0.15) is 12.5 Å². The van der Waals surface area contributed by atoms with Crippen molar-refractivity contribution >= 4 is 48.5 Å². The summed E-state index contributed by atoms with van der Waals surface area (Å²) in [6.07, 6.45) is 0. The Morgan fingerprint density at radius 1 is 1.28 bits per heavy atom. The van der Waals surface area contributed by atoms with Gasteiger partial charge in [-0.2, -0.15) is 0 Å². The largest absolute Gasteiger partial charge is 0.492 e. The Kier molecular flexibility index (Phi) is 5.55. The van der Waals surface area contributed by atoms with Crippen molar-refractivity contribution in [1.82, 2.24) is 4.98 Å². The Labute approximate surface area is 158 Å². The minimum atomic E-state index is -0.252. The molecule has 5 nitrogen and oxygen atoms in total. The number of hydrogen-bond acceptors (Lipinski definition) is 5. The van der Waals surface area contributed by atoms with Crippen LogP contribution >= 0.6 is 27.3 Å². The number of carbonyl (C=O) groups is 1. The van der Waals surface area contributed by atoms with Gasteiger partial charge in [-0.25, -0.2) is 4.98 Å². The van der Waals surface area contributed by atoms with Crippen molar-refractivity contribution < 1.29 is 14.3 Å². The molecule has 130 valence electrons. The molecule has 0 aliphatic heterocycles. The monoisotopic (exact) mass is 420 g/mol. The molecule has 0 spiro atoms. The minimum absolute atomic E-state index is 0.0741. The first kappa shape index (κ1) is 17.7. The van der Waals surface area contributed by atoms with Crippen LogP contribution in [0.15, 0.2) is 40.9 Å². The number of thiazole rings is 1. The van der Waals surface area contributed by atoms with Gasteiger partial charge in [0.1, 0.15) is 17.0 Å². The zero-order valence-corrected chi connectivity index (χ0v) is 16.2. The number of nitrogens with zero attached hydrogens (tertiary/aromatic N) is 1. The van der Waals surface area contributed by atoms with Gasteiger partial charge in [0.05, 0.1) is 11.3 Å². The first-order valence-corrected chi connectivity index (χ1v) is 9.39. The summed E-state index contributed by atoms with van der Waals surface area (Å²) >= 11 is 4.84. The van der Waals surface area contributed by atoms with Gasteiger partial charge in [0.2, 0.25) is 0 Å². The van der Waals surface area contributed by atoms with Gasteiger partial charge >= 0.3 is 0 Å². The van der Waals surface area contributed by atoms with Crippen molar-refractivity contribution in [2.75, 3.05) is 18.5 Å². The van der Waals surface area contributed by atoms with Crippen LogP contribution in [0.4, 0.5) is 5.13 Å². The average Bonchev–Trinajstić information content (AvgIpc) is 2.99. The molecule has 3 rings (SSSR count). The van der Waals surface area contributed by atoms with Crippen molar-refractivity contribution in [3.05, 3.63) is 46.4 Å². The molecular weight excluding hydrogens is 404 g/mol. The number of hydrogen-bond donors (Lipinski definition) is 1. The highest BCUT2D eigenvalue weighted by atomic mass is 79.9. The molecule has 0 unspecified atom stereocenters. The highest BCUT2D eigenvalue weighted by molar-refractivity contribution is 9.10. The summed E-state index contributed by atoms with van der Waals surface area (Å²) in [6, 6.07) is 11.3. The van der Waals surface area contributed by atoms with Crippen LogP contribution in [0.25, 0.3) is 10.2 Å². The smallest absolute Gasteiger partial charge is 0.264 e. The van der Waals surface area contributed by atoms with E-state index in [0.29, 0.717) is 17.5 Å². The van der Waals surface area contributed by atoms with E-state index in [0.717, 1.165) is 26.0 Å². The third-order valence-corrected chi connectivity index (χ3v) is 5.25. The number of halogens is 1. The second kappa shape index (κ2) is 7.84. The van der Waals surface area contributed by atoms with Gasteiger partial charge < -0.3 is 9.47 Å². The molecule has 25 heavy (non-hydrogen) atoms. The lowest BCUT2D eigenvalue weighted by molar-refractivity contribution is -0.118. The predicted octanol–water partition coefficient (Wildman–Crippen LogP) is 4.78. The number of fused-ring (bicyclic) bond motifs is 1. The molecule has 2 aromatic carbocycles. The lowest BCUT2D eigenvalue weighted by atomic mass is 10.2. The van der Waals surface area contributed by atoms with Crippen molar-refractivity contribution in [3.63, 3.8) is 0 Å². The van der Waals surface area contributed by atoms with Gasteiger partial charge in [-0.3, -0.25) is 10.1 Å². The van der Waals surface area contributed by atoms with Crippen molar-refractivity contribution in [1.29, 1.82) is 0 Å². The van der Waals surface area contributed by atoms with E-state index in [1.165, 1.54) is 11.3 Å². The second-order valence-corrected chi connectivity index (χ2v) is 7.19. The zero-order valence-electron chi connectivity index (χ0n) is 13.8. The number of rotatable bonds is 6. The Bertz CT molecular complexity index is 910. The Morgan fingerprint density at radius 2 is 2.12 bits per heavy atom. The summed E-state index contributed by atoms with van der Waals surface area (Å²) in [5, 5.41) is 3.31. The van der Waals surface area contributed by atoms with E-state index < -0.39 is 0 Å². The maximum atomic E-state index is 12.1. The van der Waals surface area contributed by atoms with Crippen LogP contribution in [0.2, 0.25) is 0 Å². The predicted molar refractivity (Wildman–Crippen MR) is 104 cm³/mol. The zero-order chi connectivity index (χ0) is 17.8. The number of aromatic nitrogens is 1. The van der Waals surface area contributed by atoms with E-state index in [1.54, 1.807) is 0 Å². The Hall–Kier alpha value is -2.12. The average molecular weight is 421 g/mol. The van der Waals surface area contributed by atoms with Crippen LogP contribution in [-0.4, -0.2) is 24.1 Å². The van der Waals surface area contributed by atoms with Crippen LogP contribution in [0.5, 0.6) is 11.5 Å². The van der Waals surface area contributed by atoms with Gasteiger partial charge in [-0.05, 0) is 49.7 Å². The maximum absolute atomic E-state index is 12.1. The molecule has 0 aliphatic rings. The fourth-order valence-corrected chi connectivity index (χ4v) is 3.41. The summed E-state index contributed by atoms with van der Waals surface area (Å²) in [7, 11) is 0. The molecule has 1 aromatic heterocycles. The number of anilines is 1. The van der Waals surface area contributed by atoms with E-state index in [-0.39, 0.29) is 12.5 Å². The van der Waals surface area contributed by atoms with Gasteiger partial charge in [-0.1, -0.05) is 33.3 Å². The first-order valence-electron chi connectivity index (χ1n) is 7.78. The number of para-hydroxylation sites is 1. The van der Waals surface area contributed by atoms with Crippen LogP contribution in [0.3, 0.4) is 0 Å². The van der Waals surface area contributed by atoms with E-state index in [1.807, 2.05) is 50.2 Å². The maximum Gasteiger partial charge on any atom is 0.264 e. The number of aryl methyl sites for hydroxylation is 1. The molecule has 0 saturated carbocycles. The number of amides is 1. The van der Waals surface area contributed by atoms with Crippen molar-refractivity contribution in [2.45, 2.75) is 13.8 Å². The molecule has 0 aliphatic carbocycles. The topological polar surface area (TPSA) is 60.5 Å².